The van der Waals surface area contributed by atoms with E-state index in [1.807, 2.05) is 26.0 Å². The summed E-state index contributed by atoms with van der Waals surface area (Å²) in [7, 11) is 1.80. The first-order valence-corrected chi connectivity index (χ1v) is 7.19. The molecule has 1 heterocycles. The SMILES string of the molecule is CCc1nn(C)c(CC(=O)c2cccc(C)c2Cl)c1Cl. The smallest absolute Gasteiger partial charge is 0.170 e. The summed E-state index contributed by atoms with van der Waals surface area (Å²) in [5.74, 6) is -0.0498. The van der Waals surface area contributed by atoms with Crippen molar-refractivity contribution in [1.82, 2.24) is 9.78 Å². The Labute approximate surface area is 128 Å². The Kier molecular flexibility index (Phi) is 4.51. The number of halogens is 2. The summed E-state index contributed by atoms with van der Waals surface area (Å²) in [6.45, 7) is 3.86. The lowest BCUT2D eigenvalue weighted by atomic mass is 10.0. The van der Waals surface area contributed by atoms with Crippen molar-refractivity contribution in [1.29, 1.82) is 0 Å². The number of ketones is 1. The number of benzene rings is 1. The molecule has 0 saturated carbocycles. The zero-order valence-corrected chi connectivity index (χ0v) is 13.2. The Balaban J connectivity index is 2.33. The van der Waals surface area contributed by atoms with Crippen LogP contribution in [0.4, 0.5) is 0 Å². The van der Waals surface area contributed by atoms with Gasteiger partial charge in [0.25, 0.3) is 0 Å². The molecule has 0 N–H and O–H groups in total. The van der Waals surface area contributed by atoms with E-state index in [4.69, 9.17) is 23.2 Å². The van der Waals surface area contributed by atoms with E-state index in [2.05, 4.69) is 5.10 Å². The zero-order valence-electron chi connectivity index (χ0n) is 11.7. The second-order valence-corrected chi connectivity index (χ2v) is 5.48. The molecule has 1 aromatic heterocycles. The Morgan fingerprint density at radius 1 is 1.30 bits per heavy atom. The molecule has 0 bridgehead atoms. The van der Waals surface area contributed by atoms with Crippen LogP contribution in [0.25, 0.3) is 0 Å². The van der Waals surface area contributed by atoms with Gasteiger partial charge in [-0.3, -0.25) is 9.48 Å². The third kappa shape index (κ3) is 2.74. The molecule has 0 atom stereocenters. The maximum atomic E-state index is 12.4. The first-order chi connectivity index (χ1) is 9.45. The highest BCUT2D eigenvalue weighted by Crippen LogP contribution is 2.25. The molecular formula is C15H16Cl2N2O. The normalized spacial score (nSPS) is 10.8. The molecule has 2 rings (SSSR count). The first-order valence-electron chi connectivity index (χ1n) is 6.44. The van der Waals surface area contributed by atoms with Crippen LogP contribution in [0.3, 0.4) is 0 Å². The molecule has 0 radical (unpaired) electrons. The maximum absolute atomic E-state index is 12.4. The number of carbonyl (C=O) groups excluding carboxylic acids is 1. The molecule has 0 aliphatic rings. The molecule has 106 valence electrons. The van der Waals surface area contributed by atoms with Gasteiger partial charge < -0.3 is 0 Å². The van der Waals surface area contributed by atoms with Crippen molar-refractivity contribution in [2.24, 2.45) is 7.05 Å². The lowest BCUT2D eigenvalue weighted by Crippen LogP contribution is -2.09. The molecule has 0 fully saturated rings. The summed E-state index contributed by atoms with van der Waals surface area (Å²) in [5, 5.41) is 5.40. The van der Waals surface area contributed by atoms with E-state index >= 15 is 0 Å². The summed E-state index contributed by atoms with van der Waals surface area (Å²) in [6, 6.07) is 5.45. The maximum Gasteiger partial charge on any atom is 0.170 e. The molecule has 0 spiro atoms. The predicted octanol–water partition coefficient (Wildman–Crippen LogP) is 4.02. The molecule has 1 aromatic carbocycles. The van der Waals surface area contributed by atoms with Crippen LogP contribution in [0, 0.1) is 6.92 Å². The highest BCUT2D eigenvalue weighted by Gasteiger charge is 2.19. The Bertz CT molecular complexity index is 662. The minimum absolute atomic E-state index is 0.0498. The van der Waals surface area contributed by atoms with E-state index < -0.39 is 0 Å². The van der Waals surface area contributed by atoms with Gasteiger partial charge in [-0.1, -0.05) is 42.3 Å². The van der Waals surface area contributed by atoms with Crippen molar-refractivity contribution in [3.8, 4) is 0 Å². The average molecular weight is 311 g/mol. The number of aromatic nitrogens is 2. The summed E-state index contributed by atoms with van der Waals surface area (Å²) in [6.07, 6.45) is 0.942. The number of nitrogens with zero attached hydrogens (tertiary/aromatic N) is 2. The van der Waals surface area contributed by atoms with Gasteiger partial charge in [-0.2, -0.15) is 5.10 Å². The van der Waals surface area contributed by atoms with E-state index in [1.54, 1.807) is 17.8 Å². The van der Waals surface area contributed by atoms with Gasteiger partial charge >= 0.3 is 0 Å². The van der Waals surface area contributed by atoms with Crippen LogP contribution in [0.1, 0.15) is 34.2 Å². The first kappa shape index (κ1) is 15.1. The van der Waals surface area contributed by atoms with Crippen LogP contribution >= 0.6 is 23.2 Å². The van der Waals surface area contributed by atoms with Crippen LogP contribution in [0.15, 0.2) is 18.2 Å². The van der Waals surface area contributed by atoms with Crippen LogP contribution < -0.4 is 0 Å². The van der Waals surface area contributed by atoms with Gasteiger partial charge in [0.15, 0.2) is 5.78 Å². The highest BCUT2D eigenvalue weighted by atomic mass is 35.5. The second kappa shape index (κ2) is 5.98. The van der Waals surface area contributed by atoms with Gasteiger partial charge in [0.1, 0.15) is 0 Å². The molecule has 0 amide bonds. The minimum atomic E-state index is -0.0498. The van der Waals surface area contributed by atoms with Crippen LogP contribution in [0.5, 0.6) is 0 Å². The topological polar surface area (TPSA) is 34.9 Å². The fourth-order valence-corrected chi connectivity index (χ4v) is 2.71. The van der Waals surface area contributed by atoms with Crippen molar-refractivity contribution < 1.29 is 4.79 Å². The molecule has 0 saturated heterocycles. The summed E-state index contributed by atoms with van der Waals surface area (Å²) in [4.78, 5) is 12.4. The molecule has 0 aliphatic heterocycles. The molecule has 0 aliphatic carbocycles. The number of hydrogen-bond acceptors (Lipinski definition) is 2. The van der Waals surface area contributed by atoms with E-state index in [-0.39, 0.29) is 12.2 Å². The van der Waals surface area contributed by atoms with Crippen molar-refractivity contribution >= 4 is 29.0 Å². The number of Topliss-reactive ketones (excluding diaryl/α,β-unsaturated/α-hetero) is 1. The molecule has 3 nitrogen and oxygen atoms in total. The van der Waals surface area contributed by atoms with Gasteiger partial charge in [-0.15, -0.1) is 0 Å². The quantitative estimate of drug-likeness (QED) is 0.799. The van der Waals surface area contributed by atoms with Crippen molar-refractivity contribution in [3.63, 3.8) is 0 Å². The Morgan fingerprint density at radius 3 is 2.60 bits per heavy atom. The molecular weight excluding hydrogens is 295 g/mol. The third-order valence-electron chi connectivity index (χ3n) is 3.32. The fourth-order valence-electron chi connectivity index (χ4n) is 2.12. The monoisotopic (exact) mass is 310 g/mol. The lowest BCUT2D eigenvalue weighted by molar-refractivity contribution is 0.0991. The van der Waals surface area contributed by atoms with Gasteiger partial charge in [0.05, 0.1) is 27.9 Å². The number of aryl methyl sites for hydroxylation is 3. The molecule has 2 aromatic rings. The van der Waals surface area contributed by atoms with E-state index in [9.17, 15) is 4.79 Å². The lowest BCUT2D eigenvalue weighted by Gasteiger charge is -2.06. The average Bonchev–Trinajstić information content (AvgIpc) is 2.69. The summed E-state index contributed by atoms with van der Waals surface area (Å²) in [5.41, 5.74) is 2.96. The molecule has 5 heteroatoms. The van der Waals surface area contributed by atoms with Gasteiger partial charge in [-0.25, -0.2) is 0 Å². The van der Waals surface area contributed by atoms with Crippen molar-refractivity contribution in [2.75, 3.05) is 0 Å². The van der Waals surface area contributed by atoms with Gasteiger partial charge in [0, 0.05) is 12.6 Å². The number of hydrogen-bond donors (Lipinski definition) is 0. The van der Waals surface area contributed by atoms with Crippen molar-refractivity contribution in [2.45, 2.75) is 26.7 Å². The molecule has 20 heavy (non-hydrogen) atoms. The van der Waals surface area contributed by atoms with E-state index in [0.29, 0.717) is 15.6 Å². The third-order valence-corrected chi connectivity index (χ3v) is 4.26. The highest BCUT2D eigenvalue weighted by molar-refractivity contribution is 6.35. The van der Waals surface area contributed by atoms with Crippen LogP contribution in [-0.4, -0.2) is 15.6 Å². The van der Waals surface area contributed by atoms with E-state index in [1.165, 1.54) is 0 Å². The summed E-state index contributed by atoms with van der Waals surface area (Å²) >= 11 is 12.5. The summed E-state index contributed by atoms with van der Waals surface area (Å²) < 4.78 is 1.67. The van der Waals surface area contributed by atoms with Crippen molar-refractivity contribution in [3.05, 3.63) is 50.8 Å². The standard InChI is InChI=1S/C15H16Cl2N2O/c1-4-11-15(17)12(19(3)18-11)8-13(20)10-7-5-6-9(2)14(10)16/h5-7H,4,8H2,1-3H3. The van der Waals surface area contributed by atoms with E-state index in [0.717, 1.165) is 23.4 Å². The predicted molar refractivity (Wildman–Crippen MR) is 81.8 cm³/mol. The number of rotatable bonds is 4. The van der Waals surface area contributed by atoms with Crippen LogP contribution in [0.2, 0.25) is 10.0 Å². The van der Waals surface area contributed by atoms with Gasteiger partial charge in [-0.05, 0) is 25.0 Å². The minimum Gasteiger partial charge on any atom is -0.294 e. The zero-order chi connectivity index (χ0) is 14.9. The number of carbonyl (C=O) groups is 1. The van der Waals surface area contributed by atoms with Gasteiger partial charge in [0.2, 0.25) is 0 Å². The Morgan fingerprint density at radius 2 is 2.00 bits per heavy atom. The fraction of sp³-hybridized carbons (Fsp3) is 0.333. The second-order valence-electron chi connectivity index (χ2n) is 4.72. The Hall–Kier alpha value is -1.32. The molecule has 0 unspecified atom stereocenters. The largest absolute Gasteiger partial charge is 0.294 e. The van der Waals surface area contributed by atoms with Crippen LogP contribution in [-0.2, 0) is 19.9 Å².